The maximum Gasteiger partial charge on any atom is 0.241 e. The van der Waals surface area contributed by atoms with Crippen molar-refractivity contribution in [2.75, 3.05) is 0 Å². The minimum Gasteiger partial charge on any atom is -0.437 e. The molecule has 0 spiro atoms. The molecule has 0 saturated carbocycles. The summed E-state index contributed by atoms with van der Waals surface area (Å²) < 4.78 is 24.4. The minimum atomic E-state index is 0.323. The number of rotatable bonds is 8. The van der Waals surface area contributed by atoms with E-state index < -0.39 is 0 Å². The van der Waals surface area contributed by atoms with Gasteiger partial charge in [0.05, 0.1) is 24.8 Å². The van der Waals surface area contributed by atoms with Gasteiger partial charge in [0, 0.05) is 12.1 Å². The van der Waals surface area contributed by atoms with Gasteiger partial charge in [-0.1, -0.05) is 39.5 Å². The van der Waals surface area contributed by atoms with E-state index in [0.29, 0.717) is 46.5 Å². The largest absolute Gasteiger partial charge is 0.437 e. The normalized spacial score (nSPS) is 12.1. The third-order valence-corrected chi connectivity index (χ3v) is 6.09. The van der Waals surface area contributed by atoms with Crippen LogP contribution in [-0.2, 0) is 12.8 Å². The van der Waals surface area contributed by atoms with Gasteiger partial charge in [-0.3, -0.25) is 9.97 Å². The van der Waals surface area contributed by atoms with Crippen LogP contribution in [0.4, 0.5) is 0 Å². The second kappa shape index (κ2) is 12.4. The average molecular weight is 513 g/mol. The summed E-state index contributed by atoms with van der Waals surface area (Å²) >= 11 is 0. The zero-order chi connectivity index (χ0) is 26.2. The summed E-state index contributed by atoms with van der Waals surface area (Å²) in [5.41, 5.74) is 2.19. The van der Waals surface area contributed by atoms with Crippen LogP contribution in [0, 0.1) is 0 Å². The minimum absolute atomic E-state index is 0.323. The Kier molecular flexibility index (Phi) is 8.28. The molecule has 8 heteroatoms. The zero-order valence-corrected chi connectivity index (χ0v) is 21.9. The predicted octanol–water partition coefficient (Wildman–Crippen LogP) is 8.21. The topological polar surface area (TPSA) is 88.5 Å². The lowest BCUT2D eigenvalue weighted by Crippen LogP contribution is -1.98. The van der Waals surface area contributed by atoms with Gasteiger partial charge in [-0.05, 0) is 61.1 Å². The second-order valence-electron chi connectivity index (χ2n) is 9.34. The van der Waals surface area contributed by atoms with Crippen LogP contribution in [0.1, 0.15) is 63.5 Å². The highest BCUT2D eigenvalue weighted by molar-refractivity contribution is 5.43. The highest BCUT2D eigenvalue weighted by Crippen LogP contribution is 2.34. The molecular weight excluding hydrogens is 480 g/mol. The molecule has 8 bridgehead atoms. The van der Waals surface area contributed by atoms with Gasteiger partial charge in [0.2, 0.25) is 23.5 Å². The van der Waals surface area contributed by atoms with Crippen molar-refractivity contribution in [1.82, 2.24) is 19.9 Å². The van der Waals surface area contributed by atoms with Crippen LogP contribution >= 0.6 is 0 Å². The molecule has 5 rings (SSSR count). The number of fused-ring (bicyclic) bond motifs is 8. The molecular formula is C30H32N4O4. The Morgan fingerprint density at radius 2 is 0.816 bits per heavy atom. The molecule has 196 valence electrons. The maximum atomic E-state index is 6.11. The van der Waals surface area contributed by atoms with E-state index in [1.54, 1.807) is 36.9 Å². The molecule has 8 nitrogen and oxygen atoms in total. The third-order valence-electron chi connectivity index (χ3n) is 6.09. The first-order valence-electron chi connectivity index (χ1n) is 13.3. The standard InChI is InChI=1S/C30H32N4O4/c1-3-5-7-9-21-11-23-15-24(12-21)36-28-18-32-20-30(34-28)38-26-14-22(10-8-6-4-2)13-25(16-26)37-29-19-31-17-27(33-29)35-23/h11-20H,3-10H2,1-2H3. The van der Waals surface area contributed by atoms with Crippen molar-refractivity contribution in [2.45, 2.75) is 65.2 Å². The fourth-order valence-electron chi connectivity index (χ4n) is 4.29. The zero-order valence-electron chi connectivity index (χ0n) is 21.9. The van der Waals surface area contributed by atoms with E-state index in [4.69, 9.17) is 18.9 Å². The van der Waals surface area contributed by atoms with E-state index in [1.165, 1.54) is 0 Å². The Morgan fingerprint density at radius 1 is 0.474 bits per heavy atom. The number of nitrogens with zero attached hydrogens (tertiary/aromatic N) is 4. The van der Waals surface area contributed by atoms with Gasteiger partial charge in [-0.25, -0.2) is 0 Å². The first kappa shape index (κ1) is 25.4. The predicted molar refractivity (Wildman–Crippen MR) is 144 cm³/mol. The molecule has 0 fully saturated rings. The molecule has 0 atom stereocenters. The number of unbranched alkanes of at least 4 members (excludes halogenated alkanes) is 4. The van der Waals surface area contributed by atoms with Crippen LogP contribution in [0.15, 0.2) is 61.2 Å². The van der Waals surface area contributed by atoms with Crippen LogP contribution in [0.5, 0.6) is 46.5 Å². The van der Waals surface area contributed by atoms with Crippen LogP contribution in [0.25, 0.3) is 0 Å². The van der Waals surface area contributed by atoms with Crippen molar-refractivity contribution in [3.05, 3.63) is 72.3 Å². The monoisotopic (exact) mass is 512 g/mol. The molecule has 1 aliphatic rings. The van der Waals surface area contributed by atoms with Gasteiger partial charge >= 0.3 is 0 Å². The molecule has 0 aliphatic carbocycles. The summed E-state index contributed by atoms with van der Waals surface area (Å²) in [6.07, 6.45) is 14.8. The number of hydrogen-bond donors (Lipinski definition) is 0. The van der Waals surface area contributed by atoms with Crippen molar-refractivity contribution in [2.24, 2.45) is 0 Å². The Morgan fingerprint density at radius 3 is 1.13 bits per heavy atom. The summed E-state index contributed by atoms with van der Waals surface area (Å²) in [5.74, 6) is 3.65. The van der Waals surface area contributed by atoms with Crippen molar-refractivity contribution >= 4 is 0 Å². The van der Waals surface area contributed by atoms with Crippen LogP contribution < -0.4 is 18.9 Å². The molecule has 2 aromatic heterocycles. The summed E-state index contributed by atoms with van der Waals surface area (Å²) in [6.45, 7) is 4.38. The Labute approximate surface area is 223 Å². The first-order chi connectivity index (χ1) is 18.7. The number of ether oxygens (including phenoxy) is 4. The molecule has 0 N–H and O–H groups in total. The van der Waals surface area contributed by atoms with Gasteiger partial charge in [0.25, 0.3) is 0 Å². The molecule has 2 aromatic carbocycles. The quantitative estimate of drug-likeness (QED) is 0.192. The van der Waals surface area contributed by atoms with Gasteiger partial charge in [-0.15, -0.1) is 0 Å². The van der Waals surface area contributed by atoms with Crippen LogP contribution in [0.2, 0.25) is 0 Å². The summed E-state index contributed by atoms with van der Waals surface area (Å²) in [4.78, 5) is 17.6. The molecule has 0 radical (unpaired) electrons. The lowest BCUT2D eigenvalue weighted by molar-refractivity contribution is 0.402. The first-order valence-corrected chi connectivity index (χ1v) is 13.3. The fraction of sp³-hybridized carbons (Fsp3) is 0.333. The smallest absolute Gasteiger partial charge is 0.241 e. The molecule has 1 aliphatic heterocycles. The third kappa shape index (κ3) is 6.97. The van der Waals surface area contributed by atoms with E-state index in [2.05, 4.69) is 33.8 Å². The lowest BCUT2D eigenvalue weighted by atomic mass is 10.1. The average Bonchev–Trinajstić information content (AvgIpc) is 2.89. The highest BCUT2D eigenvalue weighted by atomic mass is 16.5. The van der Waals surface area contributed by atoms with Gasteiger partial charge in [0.1, 0.15) is 23.0 Å². The summed E-state index contributed by atoms with van der Waals surface area (Å²) in [6, 6.07) is 11.6. The van der Waals surface area contributed by atoms with Crippen molar-refractivity contribution in [1.29, 1.82) is 0 Å². The molecule has 0 amide bonds. The number of benzene rings is 2. The fourth-order valence-corrected chi connectivity index (χ4v) is 4.29. The van der Waals surface area contributed by atoms with Crippen molar-refractivity contribution in [3.63, 3.8) is 0 Å². The Bertz CT molecular complexity index is 1190. The van der Waals surface area contributed by atoms with Crippen molar-refractivity contribution < 1.29 is 18.9 Å². The van der Waals surface area contributed by atoms with E-state index >= 15 is 0 Å². The van der Waals surface area contributed by atoms with Crippen LogP contribution in [-0.4, -0.2) is 19.9 Å². The van der Waals surface area contributed by atoms with E-state index in [0.717, 1.165) is 62.5 Å². The Balaban J connectivity index is 1.53. The highest BCUT2D eigenvalue weighted by Gasteiger charge is 2.13. The molecule has 38 heavy (non-hydrogen) atoms. The van der Waals surface area contributed by atoms with Gasteiger partial charge in [-0.2, -0.15) is 9.97 Å². The van der Waals surface area contributed by atoms with Crippen molar-refractivity contribution in [3.8, 4) is 46.5 Å². The van der Waals surface area contributed by atoms with E-state index in [-0.39, 0.29) is 0 Å². The number of aryl methyl sites for hydroxylation is 2. The van der Waals surface area contributed by atoms with Gasteiger partial charge < -0.3 is 18.9 Å². The SMILES string of the molecule is CCCCCc1cc2cc(c1)Oc1cncc(n1)Oc1cc(CCCCC)cc(c1)Oc1cncc(n1)O2. The van der Waals surface area contributed by atoms with Crippen LogP contribution in [0.3, 0.4) is 0 Å². The number of aromatic nitrogens is 4. The molecule has 4 aromatic rings. The molecule has 3 heterocycles. The second-order valence-corrected chi connectivity index (χ2v) is 9.34. The molecule has 0 saturated heterocycles. The van der Waals surface area contributed by atoms with E-state index in [1.807, 2.05) is 24.3 Å². The Hall–Kier alpha value is -4.20. The molecule has 0 unspecified atom stereocenters. The van der Waals surface area contributed by atoms with E-state index in [9.17, 15) is 0 Å². The number of hydrogen-bond acceptors (Lipinski definition) is 8. The van der Waals surface area contributed by atoms with Gasteiger partial charge in [0.15, 0.2) is 0 Å². The summed E-state index contributed by atoms with van der Waals surface area (Å²) in [5, 5.41) is 0. The summed E-state index contributed by atoms with van der Waals surface area (Å²) in [7, 11) is 0. The lowest BCUT2D eigenvalue weighted by Gasteiger charge is -2.14. The maximum absolute atomic E-state index is 6.11.